The zero-order valence-corrected chi connectivity index (χ0v) is 14.0. The van der Waals surface area contributed by atoms with E-state index in [1.807, 2.05) is 18.2 Å². The lowest BCUT2D eigenvalue weighted by Crippen LogP contribution is -2.23. The molecule has 4 heterocycles. The summed E-state index contributed by atoms with van der Waals surface area (Å²) < 4.78 is 5.29. The summed E-state index contributed by atoms with van der Waals surface area (Å²) >= 11 is 0. The van der Waals surface area contributed by atoms with Gasteiger partial charge >= 0.3 is 5.97 Å². The van der Waals surface area contributed by atoms with Gasteiger partial charge in [-0.2, -0.15) is 0 Å². The van der Waals surface area contributed by atoms with Gasteiger partial charge in [-0.1, -0.05) is 6.07 Å². The first kappa shape index (κ1) is 16.4. The van der Waals surface area contributed by atoms with E-state index in [1.165, 1.54) is 0 Å². The number of aliphatic carboxylic acids is 1. The first-order valence-electron chi connectivity index (χ1n) is 8.40. The van der Waals surface area contributed by atoms with Gasteiger partial charge in [0.25, 0.3) is 0 Å². The second-order valence-corrected chi connectivity index (χ2v) is 6.42. The number of rotatable bonds is 5. The molecule has 7 nitrogen and oxygen atoms in total. The number of carboxylic acid groups (broad SMARTS) is 1. The summed E-state index contributed by atoms with van der Waals surface area (Å²) in [4.78, 5) is 26.6. The van der Waals surface area contributed by atoms with E-state index in [1.54, 1.807) is 37.1 Å². The van der Waals surface area contributed by atoms with E-state index < -0.39 is 11.9 Å². The second kappa shape index (κ2) is 7.05. The van der Waals surface area contributed by atoms with E-state index in [-0.39, 0.29) is 5.92 Å². The smallest absolute Gasteiger partial charge is 0.308 e. The third kappa shape index (κ3) is 3.34. The van der Waals surface area contributed by atoms with Gasteiger partial charge in [-0.05, 0) is 23.8 Å². The van der Waals surface area contributed by atoms with Crippen LogP contribution in [0.2, 0.25) is 0 Å². The molecule has 0 aromatic carbocycles. The lowest BCUT2D eigenvalue weighted by molar-refractivity contribution is -0.141. The SMILES string of the molecule is O=C(O)[C@@H]1CN(Cc2cnc(-c3ccco3)nc2)C[C@H]1c1cccnc1. The van der Waals surface area contributed by atoms with Gasteiger partial charge in [-0.3, -0.25) is 14.7 Å². The van der Waals surface area contributed by atoms with Crippen LogP contribution in [0.3, 0.4) is 0 Å². The maximum Gasteiger partial charge on any atom is 0.308 e. The van der Waals surface area contributed by atoms with Crippen molar-refractivity contribution < 1.29 is 14.3 Å². The maximum absolute atomic E-state index is 11.7. The molecule has 3 aromatic rings. The quantitative estimate of drug-likeness (QED) is 0.755. The van der Waals surface area contributed by atoms with E-state index in [4.69, 9.17) is 4.42 Å². The predicted octanol–water partition coefficient (Wildman–Crippen LogP) is 2.43. The molecule has 2 atom stereocenters. The van der Waals surface area contributed by atoms with Gasteiger partial charge < -0.3 is 9.52 Å². The molecule has 0 bridgehead atoms. The van der Waals surface area contributed by atoms with Crippen LogP contribution in [0.5, 0.6) is 0 Å². The summed E-state index contributed by atoms with van der Waals surface area (Å²) in [5, 5.41) is 9.59. The Labute approximate surface area is 150 Å². The molecule has 1 N–H and O–H groups in total. The fourth-order valence-corrected chi connectivity index (χ4v) is 3.43. The third-order valence-corrected chi connectivity index (χ3v) is 4.68. The van der Waals surface area contributed by atoms with Crippen molar-refractivity contribution in [1.82, 2.24) is 19.9 Å². The van der Waals surface area contributed by atoms with Crippen LogP contribution in [0.1, 0.15) is 17.0 Å². The molecule has 0 spiro atoms. The number of furan rings is 1. The molecule has 7 heteroatoms. The summed E-state index contributed by atoms with van der Waals surface area (Å²) in [6.07, 6.45) is 8.56. The first-order chi connectivity index (χ1) is 12.7. The van der Waals surface area contributed by atoms with Crippen LogP contribution < -0.4 is 0 Å². The van der Waals surface area contributed by atoms with Gasteiger partial charge in [0, 0.05) is 55.9 Å². The summed E-state index contributed by atoms with van der Waals surface area (Å²) in [5.41, 5.74) is 1.91. The van der Waals surface area contributed by atoms with Crippen molar-refractivity contribution in [2.24, 2.45) is 5.92 Å². The van der Waals surface area contributed by atoms with Gasteiger partial charge in [0.15, 0.2) is 11.6 Å². The summed E-state index contributed by atoms with van der Waals surface area (Å²) in [7, 11) is 0. The number of likely N-dealkylation sites (tertiary alicyclic amines) is 1. The van der Waals surface area contributed by atoms with Crippen molar-refractivity contribution in [2.45, 2.75) is 12.5 Å². The average Bonchev–Trinajstić information content (AvgIpc) is 3.33. The Bertz CT molecular complexity index is 866. The molecule has 132 valence electrons. The molecular weight excluding hydrogens is 332 g/mol. The summed E-state index contributed by atoms with van der Waals surface area (Å²) in [6.45, 7) is 1.77. The van der Waals surface area contributed by atoms with Crippen LogP contribution in [-0.4, -0.2) is 44.0 Å². The second-order valence-electron chi connectivity index (χ2n) is 6.42. The fraction of sp³-hybridized carbons (Fsp3) is 0.263. The van der Waals surface area contributed by atoms with Crippen LogP contribution in [0.25, 0.3) is 11.6 Å². The lowest BCUT2D eigenvalue weighted by atomic mass is 9.90. The van der Waals surface area contributed by atoms with Crippen molar-refractivity contribution in [2.75, 3.05) is 13.1 Å². The van der Waals surface area contributed by atoms with Crippen molar-refractivity contribution in [3.63, 3.8) is 0 Å². The highest BCUT2D eigenvalue weighted by molar-refractivity contribution is 5.72. The minimum atomic E-state index is -0.772. The topological polar surface area (TPSA) is 92.3 Å². The Kier molecular flexibility index (Phi) is 4.45. The molecule has 1 aliphatic heterocycles. The fourth-order valence-electron chi connectivity index (χ4n) is 3.43. The lowest BCUT2D eigenvalue weighted by Gasteiger charge is -2.15. The third-order valence-electron chi connectivity index (χ3n) is 4.68. The summed E-state index contributed by atoms with van der Waals surface area (Å²) in [6, 6.07) is 7.39. The van der Waals surface area contributed by atoms with Gasteiger partial charge in [0.05, 0.1) is 12.2 Å². The van der Waals surface area contributed by atoms with Gasteiger partial charge in [-0.15, -0.1) is 0 Å². The molecule has 1 fully saturated rings. The Morgan fingerprint density at radius 1 is 1.19 bits per heavy atom. The molecule has 1 saturated heterocycles. The highest BCUT2D eigenvalue weighted by Crippen LogP contribution is 2.33. The van der Waals surface area contributed by atoms with E-state index >= 15 is 0 Å². The molecule has 0 saturated carbocycles. The van der Waals surface area contributed by atoms with Gasteiger partial charge in [0.2, 0.25) is 0 Å². The zero-order chi connectivity index (χ0) is 17.9. The Hall–Kier alpha value is -3.06. The van der Waals surface area contributed by atoms with Crippen molar-refractivity contribution >= 4 is 5.97 Å². The van der Waals surface area contributed by atoms with E-state index in [9.17, 15) is 9.90 Å². The molecule has 0 amide bonds. The van der Waals surface area contributed by atoms with Gasteiger partial charge in [0.1, 0.15) is 0 Å². The van der Waals surface area contributed by atoms with Crippen molar-refractivity contribution in [1.29, 1.82) is 0 Å². The minimum Gasteiger partial charge on any atom is -0.481 e. The monoisotopic (exact) mass is 350 g/mol. The average molecular weight is 350 g/mol. The van der Waals surface area contributed by atoms with Crippen LogP contribution in [-0.2, 0) is 11.3 Å². The van der Waals surface area contributed by atoms with Gasteiger partial charge in [-0.25, -0.2) is 9.97 Å². The number of carbonyl (C=O) groups is 1. The molecule has 0 unspecified atom stereocenters. The number of pyridine rings is 1. The molecule has 3 aromatic heterocycles. The highest BCUT2D eigenvalue weighted by atomic mass is 16.4. The minimum absolute atomic E-state index is 0.0653. The molecule has 4 rings (SSSR count). The Balaban J connectivity index is 1.48. The number of hydrogen-bond acceptors (Lipinski definition) is 6. The molecule has 26 heavy (non-hydrogen) atoms. The van der Waals surface area contributed by atoms with E-state index in [0.29, 0.717) is 31.2 Å². The Morgan fingerprint density at radius 3 is 2.69 bits per heavy atom. The highest BCUT2D eigenvalue weighted by Gasteiger charge is 2.38. The number of nitrogens with zero attached hydrogens (tertiary/aromatic N) is 4. The van der Waals surface area contributed by atoms with Crippen molar-refractivity contribution in [3.8, 4) is 11.6 Å². The molecule has 1 aliphatic rings. The number of hydrogen-bond donors (Lipinski definition) is 1. The van der Waals surface area contributed by atoms with Crippen LogP contribution in [0.15, 0.2) is 59.7 Å². The molecular formula is C19H18N4O3. The van der Waals surface area contributed by atoms with E-state index in [2.05, 4.69) is 19.9 Å². The predicted molar refractivity (Wildman–Crippen MR) is 93.1 cm³/mol. The van der Waals surface area contributed by atoms with Crippen molar-refractivity contribution in [3.05, 3.63) is 66.4 Å². The molecule has 0 radical (unpaired) electrons. The number of aromatic nitrogens is 3. The van der Waals surface area contributed by atoms with E-state index in [0.717, 1.165) is 11.1 Å². The van der Waals surface area contributed by atoms with Crippen LogP contribution in [0, 0.1) is 5.92 Å². The largest absolute Gasteiger partial charge is 0.481 e. The Morgan fingerprint density at radius 2 is 2.04 bits per heavy atom. The normalized spacial score (nSPS) is 20.3. The standard InChI is InChI=1S/C19H18N4O3/c24-19(25)16-12-23(11-15(16)14-3-1-5-20-9-14)10-13-7-21-18(22-8-13)17-4-2-6-26-17/h1-9,15-16H,10-12H2,(H,24,25)/t15-,16+/m0/s1. The zero-order valence-electron chi connectivity index (χ0n) is 14.0. The maximum atomic E-state index is 11.7. The van der Waals surface area contributed by atoms with Crippen LogP contribution >= 0.6 is 0 Å². The molecule has 0 aliphatic carbocycles. The van der Waals surface area contributed by atoms with Crippen LogP contribution in [0.4, 0.5) is 0 Å². The first-order valence-corrected chi connectivity index (χ1v) is 8.40. The number of carboxylic acids is 1. The summed E-state index contributed by atoms with van der Waals surface area (Å²) in [5.74, 6) is -0.116.